The second-order valence-electron chi connectivity index (χ2n) is 6.99. The lowest BCUT2D eigenvalue weighted by Crippen LogP contribution is -2.34. The molecule has 13 heteroatoms. The third kappa shape index (κ3) is 15.7. The van der Waals surface area contributed by atoms with Gasteiger partial charge in [-0.25, -0.2) is 0 Å². The molecule has 0 radical (unpaired) electrons. The second-order valence-corrected chi connectivity index (χ2v) is 8.58. The molecule has 0 aromatic carbocycles. The van der Waals surface area contributed by atoms with E-state index in [0.29, 0.717) is 92.3 Å². The van der Waals surface area contributed by atoms with E-state index in [4.69, 9.17) is 38.3 Å². The zero-order chi connectivity index (χ0) is 25.7. The maximum absolute atomic E-state index is 11.8. The minimum absolute atomic E-state index is 0.118. The average Bonchev–Trinajstić information content (AvgIpc) is 3.02. The highest BCUT2D eigenvalue weighted by atomic mass is 79.9. The standard InChI is InChI=1S/C22H35Br2NO10/c1-18(26)2-4-29-6-8-31-10-12-33-14-16-35-17-15-34-13-11-32-9-7-30-5-3-25-21(27)19(23)20(24)22(25)28/h26H,1-17H2. The van der Waals surface area contributed by atoms with E-state index in [9.17, 15) is 9.59 Å². The van der Waals surface area contributed by atoms with Gasteiger partial charge >= 0.3 is 0 Å². The fraction of sp³-hybridized carbons (Fsp3) is 0.727. The zero-order valence-corrected chi connectivity index (χ0v) is 23.0. The van der Waals surface area contributed by atoms with Crippen LogP contribution in [0.15, 0.2) is 21.3 Å². The Morgan fingerprint density at radius 3 is 1.20 bits per heavy atom. The van der Waals surface area contributed by atoms with E-state index in [1.807, 2.05) is 0 Å². The largest absolute Gasteiger partial charge is 0.513 e. The van der Waals surface area contributed by atoms with Crippen LogP contribution in [0, 0.1) is 0 Å². The van der Waals surface area contributed by atoms with Gasteiger partial charge in [-0.15, -0.1) is 0 Å². The number of carbonyl (C=O) groups is 2. The van der Waals surface area contributed by atoms with Gasteiger partial charge in [0.25, 0.3) is 11.8 Å². The van der Waals surface area contributed by atoms with Crippen molar-refractivity contribution in [2.75, 3.05) is 99.0 Å². The molecule has 1 heterocycles. The summed E-state index contributed by atoms with van der Waals surface area (Å²) in [5.41, 5.74) is 0. The SMILES string of the molecule is C=C(O)CCOCCOCCOCCOCCOCCOCCOCCN1C(=O)C(Br)=C(Br)C1=O. The fourth-order valence-corrected chi connectivity index (χ4v) is 3.25. The third-order valence-electron chi connectivity index (χ3n) is 4.28. The van der Waals surface area contributed by atoms with Crippen LogP contribution in [0.2, 0.25) is 0 Å². The highest BCUT2D eigenvalue weighted by Crippen LogP contribution is 2.28. The first kappa shape index (κ1) is 32.1. The Morgan fingerprint density at radius 2 is 0.886 bits per heavy atom. The lowest BCUT2D eigenvalue weighted by atomic mass is 10.4. The van der Waals surface area contributed by atoms with Crippen LogP contribution in [0.3, 0.4) is 0 Å². The molecule has 0 fully saturated rings. The number of aliphatic hydroxyl groups excluding tert-OH is 1. The summed E-state index contributed by atoms with van der Waals surface area (Å²) >= 11 is 6.15. The summed E-state index contributed by atoms with van der Waals surface area (Å²) in [6, 6.07) is 0. The number of rotatable bonds is 24. The molecule has 1 rings (SSSR count). The minimum atomic E-state index is -0.374. The van der Waals surface area contributed by atoms with Gasteiger partial charge < -0.3 is 38.3 Å². The second kappa shape index (κ2) is 21.2. The van der Waals surface area contributed by atoms with Crippen LogP contribution in [-0.2, 0) is 42.7 Å². The summed E-state index contributed by atoms with van der Waals surface area (Å²) in [6.07, 6.45) is 0.434. The number of hydrogen-bond donors (Lipinski definition) is 1. The summed E-state index contributed by atoms with van der Waals surface area (Å²) in [5.74, 6) is -0.630. The van der Waals surface area contributed by atoms with Crippen molar-refractivity contribution in [1.29, 1.82) is 0 Å². The molecule has 0 spiro atoms. The van der Waals surface area contributed by atoms with Crippen LogP contribution in [0.4, 0.5) is 0 Å². The predicted octanol–water partition coefficient (Wildman–Crippen LogP) is 1.93. The molecular formula is C22H35Br2NO10. The van der Waals surface area contributed by atoms with E-state index in [1.54, 1.807) is 0 Å². The summed E-state index contributed by atoms with van der Waals surface area (Å²) in [6.45, 7) is 9.65. The molecule has 0 aromatic heterocycles. The molecule has 0 aromatic rings. The lowest BCUT2D eigenvalue weighted by Gasteiger charge is -2.14. The molecule has 0 saturated carbocycles. The van der Waals surface area contributed by atoms with Gasteiger partial charge in [0.05, 0.1) is 105 Å². The van der Waals surface area contributed by atoms with Crippen molar-refractivity contribution < 1.29 is 47.9 Å². The molecule has 0 unspecified atom stereocenters. The van der Waals surface area contributed by atoms with Crippen LogP contribution in [-0.4, -0.2) is 121 Å². The Morgan fingerprint density at radius 1 is 0.600 bits per heavy atom. The van der Waals surface area contributed by atoms with Gasteiger partial charge in [0.2, 0.25) is 0 Å². The number of ether oxygens (including phenoxy) is 7. The normalized spacial score (nSPS) is 13.9. The van der Waals surface area contributed by atoms with Gasteiger partial charge in [-0.2, -0.15) is 0 Å². The summed E-state index contributed by atoms with van der Waals surface area (Å²) < 4.78 is 38.0. The van der Waals surface area contributed by atoms with Gasteiger partial charge in [0.1, 0.15) is 8.96 Å². The number of hydrogen-bond acceptors (Lipinski definition) is 10. The van der Waals surface area contributed by atoms with E-state index in [2.05, 4.69) is 38.4 Å². The maximum atomic E-state index is 11.8. The molecule has 35 heavy (non-hydrogen) atoms. The van der Waals surface area contributed by atoms with Crippen molar-refractivity contribution >= 4 is 43.7 Å². The first-order valence-electron chi connectivity index (χ1n) is 11.3. The Labute approximate surface area is 222 Å². The molecule has 0 saturated heterocycles. The third-order valence-corrected chi connectivity index (χ3v) is 6.29. The number of imide groups is 1. The molecule has 0 aliphatic carbocycles. The molecule has 0 atom stereocenters. The van der Waals surface area contributed by atoms with Crippen LogP contribution >= 0.6 is 31.9 Å². The fourth-order valence-electron chi connectivity index (χ4n) is 2.49. The number of aliphatic hydroxyl groups is 1. The lowest BCUT2D eigenvalue weighted by molar-refractivity contribution is -0.137. The maximum Gasteiger partial charge on any atom is 0.269 e. The predicted molar refractivity (Wildman–Crippen MR) is 134 cm³/mol. The topological polar surface area (TPSA) is 122 Å². The number of amides is 2. The van der Waals surface area contributed by atoms with Gasteiger partial charge in [0.15, 0.2) is 0 Å². The van der Waals surface area contributed by atoms with Crippen molar-refractivity contribution in [3.63, 3.8) is 0 Å². The summed E-state index contributed by atoms with van der Waals surface area (Å²) in [5, 5.41) is 8.90. The quantitative estimate of drug-likeness (QED) is 0.0960. The van der Waals surface area contributed by atoms with Crippen LogP contribution in [0.5, 0.6) is 0 Å². The number of halogens is 2. The number of nitrogens with zero attached hydrogens (tertiary/aromatic N) is 1. The molecule has 0 bridgehead atoms. The first-order chi connectivity index (χ1) is 16.9. The zero-order valence-electron chi connectivity index (χ0n) is 19.8. The Balaban J connectivity index is 1.73. The monoisotopic (exact) mass is 631 g/mol. The molecule has 1 aliphatic heterocycles. The van der Waals surface area contributed by atoms with Crippen molar-refractivity contribution in [3.8, 4) is 0 Å². The Hall–Kier alpha value is -0.900. The van der Waals surface area contributed by atoms with Crippen molar-refractivity contribution in [3.05, 3.63) is 21.3 Å². The van der Waals surface area contributed by atoms with Crippen LogP contribution in [0.1, 0.15) is 6.42 Å². The van der Waals surface area contributed by atoms with Crippen molar-refractivity contribution in [1.82, 2.24) is 4.90 Å². The van der Waals surface area contributed by atoms with E-state index >= 15 is 0 Å². The highest BCUT2D eigenvalue weighted by molar-refractivity contribution is 9.14. The minimum Gasteiger partial charge on any atom is -0.513 e. The Bertz CT molecular complexity index is 638. The molecule has 1 aliphatic rings. The van der Waals surface area contributed by atoms with E-state index in [1.165, 1.54) is 0 Å². The van der Waals surface area contributed by atoms with E-state index < -0.39 is 0 Å². The van der Waals surface area contributed by atoms with Crippen molar-refractivity contribution in [2.45, 2.75) is 6.42 Å². The summed E-state index contributed by atoms with van der Waals surface area (Å²) in [7, 11) is 0. The molecule has 202 valence electrons. The van der Waals surface area contributed by atoms with Gasteiger partial charge in [0, 0.05) is 6.42 Å². The van der Waals surface area contributed by atoms with Crippen LogP contribution < -0.4 is 0 Å². The molecule has 11 nitrogen and oxygen atoms in total. The number of carbonyl (C=O) groups excluding carboxylic acids is 2. The average molecular weight is 633 g/mol. The molecular weight excluding hydrogens is 598 g/mol. The van der Waals surface area contributed by atoms with Crippen molar-refractivity contribution in [2.24, 2.45) is 0 Å². The van der Waals surface area contributed by atoms with E-state index in [0.717, 1.165) is 4.90 Å². The van der Waals surface area contributed by atoms with Gasteiger partial charge in [-0.3, -0.25) is 14.5 Å². The van der Waals surface area contributed by atoms with Gasteiger partial charge in [-0.05, 0) is 31.9 Å². The van der Waals surface area contributed by atoms with E-state index in [-0.39, 0.29) is 39.7 Å². The molecule has 1 N–H and O–H groups in total. The molecule has 2 amide bonds. The van der Waals surface area contributed by atoms with Gasteiger partial charge in [-0.1, -0.05) is 6.58 Å². The Kier molecular flexibility index (Phi) is 19.5. The first-order valence-corrected chi connectivity index (χ1v) is 12.9. The smallest absolute Gasteiger partial charge is 0.269 e. The highest BCUT2D eigenvalue weighted by Gasteiger charge is 2.35. The van der Waals surface area contributed by atoms with Crippen LogP contribution in [0.25, 0.3) is 0 Å². The summed E-state index contributed by atoms with van der Waals surface area (Å²) in [4.78, 5) is 24.8.